The van der Waals surface area contributed by atoms with Crippen molar-refractivity contribution < 1.29 is 0 Å². The molecular formula is C14H20N4. The molecule has 1 saturated carbocycles. The Bertz CT molecular complexity index is 564. The van der Waals surface area contributed by atoms with E-state index in [2.05, 4.69) is 23.4 Å². The molecule has 0 spiro atoms. The molecule has 3 rings (SSSR count). The monoisotopic (exact) mass is 244 g/mol. The molecule has 2 aromatic heterocycles. The molecule has 0 aromatic carbocycles. The summed E-state index contributed by atoms with van der Waals surface area (Å²) in [7, 11) is 0. The summed E-state index contributed by atoms with van der Waals surface area (Å²) in [5.41, 5.74) is 7.94. The van der Waals surface area contributed by atoms with Crippen molar-refractivity contribution in [1.82, 2.24) is 14.5 Å². The van der Waals surface area contributed by atoms with Crippen molar-refractivity contribution in [3.63, 3.8) is 0 Å². The number of imidazole rings is 1. The number of nitrogens with zero attached hydrogens (tertiary/aromatic N) is 3. The highest BCUT2D eigenvalue weighted by molar-refractivity contribution is 5.72. The molecule has 0 aliphatic heterocycles. The van der Waals surface area contributed by atoms with Gasteiger partial charge in [-0.25, -0.2) is 9.97 Å². The molecule has 1 aliphatic rings. The van der Waals surface area contributed by atoms with Crippen LogP contribution in [0.3, 0.4) is 0 Å². The van der Waals surface area contributed by atoms with Crippen LogP contribution in [0.4, 0.5) is 0 Å². The zero-order valence-electron chi connectivity index (χ0n) is 11.1. The van der Waals surface area contributed by atoms with Crippen molar-refractivity contribution in [1.29, 1.82) is 0 Å². The highest BCUT2D eigenvalue weighted by atomic mass is 15.2. The fourth-order valence-corrected chi connectivity index (χ4v) is 2.43. The molecule has 0 amide bonds. The van der Waals surface area contributed by atoms with E-state index in [1.54, 1.807) is 0 Å². The molecule has 18 heavy (non-hydrogen) atoms. The largest absolute Gasteiger partial charge is 0.329 e. The van der Waals surface area contributed by atoms with Crippen LogP contribution in [-0.4, -0.2) is 21.1 Å². The second-order valence-electron chi connectivity index (χ2n) is 5.50. The van der Waals surface area contributed by atoms with E-state index in [1.165, 1.54) is 12.8 Å². The molecule has 1 aliphatic carbocycles. The van der Waals surface area contributed by atoms with Gasteiger partial charge in [0.25, 0.3) is 0 Å². The lowest BCUT2D eigenvalue weighted by Gasteiger charge is -2.26. The van der Waals surface area contributed by atoms with Crippen LogP contribution in [-0.2, 0) is 5.41 Å². The molecular weight excluding hydrogens is 224 g/mol. The molecule has 4 heteroatoms. The standard InChI is InChI=1S/C14H20N4/c1-3-14(2,9-15)13-17-11-5-4-8-16-12(11)18(13)10-6-7-10/h4-5,8,10H,3,6-7,9,15H2,1-2H3. The predicted octanol–water partition coefficient (Wildman–Crippen LogP) is 2.39. The average Bonchev–Trinajstić information content (AvgIpc) is 3.17. The van der Waals surface area contributed by atoms with E-state index in [0.717, 1.165) is 23.4 Å². The quantitative estimate of drug-likeness (QED) is 0.898. The van der Waals surface area contributed by atoms with Gasteiger partial charge in [-0.05, 0) is 31.4 Å². The van der Waals surface area contributed by atoms with Gasteiger partial charge in [-0.3, -0.25) is 0 Å². The number of rotatable bonds is 4. The lowest BCUT2D eigenvalue weighted by Crippen LogP contribution is -2.34. The van der Waals surface area contributed by atoms with Crippen LogP contribution in [0.25, 0.3) is 11.2 Å². The summed E-state index contributed by atoms with van der Waals surface area (Å²) in [5.74, 6) is 1.11. The van der Waals surface area contributed by atoms with Gasteiger partial charge in [0.15, 0.2) is 5.65 Å². The second kappa shape index (κ2) is 4.05. The van der Waals surface area contributed by atoms with E-state index in [-0.39, 0.29) is 5.41 Å². The Morgan fingerprint density at radius 3 is 2.89 bits per heavy atom. The van der Waals surface area contributed by atoms with Crippen molar-refractivity contribution in [3.05, 3.63) is 24.2 Å². The first-order valence-electron chi connectivity index (χ1n) is 6.73. The van der Waals surface area contributed by atoms with Crippen LogP contribution in [0.5, 0.6) is 0 Å². The van der Waals surface area contributed by atoms with Crippen molar-refractivity contribution in [3.8, 4) is 0 Å². The van der Waals surface area contributed by atoms with Crippen LogP contribution in [0.15, 0.2) is 18.3 Å². The van der Waals surface area contributed by atoms with Crippen molar-refractivity contribution in [2.45, 2.75) is 44.6 Å². The molecule has 0 bridgehead atoms. The van der Waals surface area contributed by atoms with Crippen LogP contribution in [0, 0.1) is 0 Å². The van der Waals surface area contributed by atoms with Crippen LogP contribution >= 0.6 is 0 Å². The fourth-order valence-electron chi connectivity index (χ4n) is 2.43. The van der Waals surface area contributed by atoms with Gasteiger partial charge in [-0.15, -0.1) is 0 Å². The first kappa shape index (κ1) is 11.7. The molecule has 1 fully saturated rings. The minimum absolute atomic E-state index is 0.0523. The Kier molecular flexibility index (Phi) is 2.63. The molecule has 2 heterocycles. The summed E-state index contributed by atoms with van der Waals surface area (Å²) in [4.78, 5) is 9.31. The van der Waals surface area contributed by atoms with E-state index in [1.807, 2.05) is 18.3 Å². The van der Waals surface area contributed by atoms with Crippen molar-refractivity contribution in [2.75, 3.05) is 6.54 Å². The van der Waals surface area contributed by atoms with Gasteiger partial charge in [-0.1, -0.05) is 13.8 Å². The predicted molar refractivity (Wildman–Crippen MR) is 72.5 cm³/mol. The Balaban J connectivity index is 2.24. The summed E-state index contributed by atoms with van der Waals surface area (Å²) < 4.78 is 2.33. The number of pyridine rings is 1. The molecule has 96 valence electrons. The number of aromatic nitrogens is 3. The highest BCUT2D eigenvalue weighted by Gasteiger charge is 2.35. The van der Waals surface area contributed by atoms with Gasteiger partial charge < -0.3 is 10.3 Å². The molecule has 4 nitrogen and oxygen atoms in total. The van der Waals surface area contributed by atoms with Gasteiger partial charge in [0, 0.05) is 24.2 Å². The summed E-state index contributed by atoms with van der Waals surface area (Å²) in [6, 6.07) is 4.57. The number of nitrogens with two attached hydrogens (primary N) is 1. The lowest BCUT2D eigenvalue weighted by atomic mass is 9.86. The van der Waals surface area contributed by atoms with Gasteiger partial charge in [0.2, 0.25) is 0 Å². The summed E-state index contributed by atoms with van der Waals surface area (Å²) in [6.07, 6.45) is 5.32. The molecule has 0 radical (unpaired) electrons. The molecule has 0 saturated heterocycles. The molecule has 2 aromatic rings. The Labute approximate surface area is 107 Å². The van der Waals surface area contributed by atoms with Crippen LogP contribution in [0.1, 0.15) is 45.0 Å². The summed E-state index contributed by atoms with van der Waals surface area (Å²) in [5, 5.41) is 0. The van der Waals surface area contributed by atoms with E-state index >= 15 is 0 Å². The summed E-state index contributed by atoms with van der Waals surface area (Å²) >= 11 is 0. The molecule has 2 N–H and O–H groups in total. The third kappa shape index (κ3) is 1.63. The number of hydrogen-bond acceptors (Lipinski definition) is 3. The third-order valence-electron chi connectivity index (χ3n) is 4.13. The van der Waals surface area contributed by atoms with E-state index in [0.29, 0.717) is 12.6 Å². The molecule has 1 atom stereocenters. The van der Waals surface area contributed by atoms with Crippen LogP contribution < -0.4 is 5.73 Å². The highest BCUT2D eigenvalue weighted by Crippen LogP contribution is 2.41. The van der Waals surface area contributed by atoms with Gasteiger partial charge in [0.1, 0.15) is 11.3 Å². The normalized spacial score (nSPS) is 19.1. The SMILES string of the molecule is CCC(C)(CN)c1nc2cccnc2n1C1CC1. The maximum absolute atomic E-state index is 5.99. The van der Waals surface area contributed by atoms with E-state index < -0.39 is 0 Å². The minimum Gasteiger partial charge on any atom is -0.329 e. The van der Waals surface area contributed by atoms with Gasteiger partial charge in [-0.2, -0.15) is 0 Å². The topological polar surface area (TPSA) is 56.7 Å². The maximum Gasteiger partial charge on any atom is 0.160 e. The Morgan fingerprint density at radius 2 is 2.28 bits per heavy atom. The zero-order valence-corrected chi connectivity index (χ0v) is 11.1. The average molecular weight is 244 g/mol. The first-order valence-corrected chi connectivity index (χ1v) is 6.73. The lowest BCUT2D eigenvalue weighted by molar-refractivity contribution is 0.417. The minimum atomic E-state index is -0.0523. The molecule has 1 unspecified atom stereocenters. The van der Waals surface area contributed by atoms with Crippen LogP contribution in [0.2, 0.25) is 0 Å². The smallest absolute Gasteiger partial charge is 0.160 e. The Hall–Kier alpha value is -1.42. The Morgan fingerprint density at radius 1 is 1.50 bits per heavy atom. The maximum atomic E-state index is 5.99. The fraction of sp³-hybridized carbons (Fsp3) is 0.571. The number of hydrogen-bond donors (Lipinski definition) is 1. The van der Waals surface area contributed by atoms with E-state index in [4.69, 9.17) is 10.7 Å². The van der Waals surface area contributed by atoms with Crippen molar-refractivity contribution in [2.24, 2.45) is 5.73 Å². The van der Waals surface area contributed by atoms with Gasteiger partial charge >= 0.3 is 0 Å². The zero-order chi connectivity index (χ0) is 12.8. The second-order valence-corrected chi connectivity index (χ2v) is 5.50. The summed E-state index contributed by atoms with van der Waals surface area (Å²) in [6.45, 7) is 5.00. The number of fused-ring (bicyclic) bond motifs is 1. The third-order valence-corrected chi connectivity index (χ3v) is 4.13. The van der Waals surface area contributed by atoms with Crippen molar-refractivity contribution >= 4 is 11.2 Å². The van der Waals surface area contributed by atoms with Gasteiger partial charge in [0.05, 0.1) is 0 Å². The van der Waals surface area contributed by atoms with E-state index in [9.17, 15) is 0 Å². The first-order chi connectivity index (χ1) is 8.69.